The zero-order chi connectivity index (χ0) is 9.52. The molecule has 0 fully saturated rings. The zero-order valence-electron chi connectivity index (χ0n) is 7.46. The van der Waals surface area contributed by atoms with Crippen molar-refractivity contribution in [2.75, 3.05) is 18.4 Å². The van der Waals surface area contributed by atoms with Gasteiger partial charge in [-0.1, -0.05) is 12.1 Å². The molecule has 0 aliphatic rings. The highest BCUT2D eigenvalue weighted by Crippen LogP contribution is 2.22. The fourth-order valence-corrected chi connectivity index (χ4v) is 1.03. The summed E-state index contributed by atoms with van der Waals surface area (Å²) in [5, 5.41) is 3.19. The van der Waals surface area contributed by atoms with Crippen molar-refractivity contribution in [3.63, 3.8) is 0 Å². The van der Waals surface area contributed by atoms with Gasteiger partial charge in [-0.2, -0.15) is 0 Å². The lowest BCUT2D eigenvalue weighted by Gasteiger charge is -2.07. The van der Waals surface area contributed by atoms with Gasteiger partial charge in [0.15, 0.2) is 0 Å². The molecule has 0 spiro atoms. The minimum Gasteiger partial charge on any atom is -0.382 e. The molecule has 0 aliphatic carbocycles. The van der Waals surface area contributed by atoms with Gasteiger partial charge >= 0.3 is 0 Å². The summed E-state index contributed by atoms with van der Waals surface area (Å²) in [6.45, 7) is 4.97. The van der Waals surface area contributed by atoms with Gasteiger partial charge in [0.05, 0.1) is 11.4 Å². The van der Waals surface area contributed by atoms with Crippen LogP contribution in [0.4, 0.5) is 11.4 Å². The minimum absolute atomic E-state index is 0.714. The Morgan fingerprint density at radius 3 is 2.77 bits per heavy atom. The highest BCUT2D eigenvalue weighted by atomic mass is 15.2. The molecule has 0 radical (unpaired) electrons. The normalized spacial score (nSPS) is 9.62. The van der Waals surface area contributed by atoms with Crippen LogP contribution in [0.3, 0.4) is 0 Å². The molecule has 70 valence electrons. The molecule has 1 aromatic rings. The number of para-hydroxylation sites is 2. The topological polar surface area (TPSA) is 62.4 Å². The summed E-state index contributed by atoms with van der Waals surface area (Å²) in [5.41, 5.74) is 4.41. The number of nitrogens with two attached hydrogens (primary N) is 1. The number of anilines is 1. The molecule has 0 unspecified atom stereocenters. The van der Waals surface area contributed by atoms with Crippen LogP contribution in [0, 0.1) is 0 Å². The van der Waals surface area contributed by atoms with Crippen LogP contribution in [0.5, 0.6) is 0 Å². The van der Waals surface area contributed by atoms with Gasteiger partial charge in [0.1, 0.15) is 0 Å². The molecule has 0 bridgehead atoms. The third kappa shape index (κ3) is 2.85. The average Bonchev–Trinajstić information content (AvgIpc) is 2.19. The number of hydrogen-bond donors (Lipinski definition) is 3. The van der Waals surface area contributed by atoms with Crippen LogP contribution in [0.1, 0.15) is 0 Å². The van der Waals surface area contributed by atoms with E-state index in [9.17, 15) is 0 Å². The third-order valence-corrected chi connectivity index (χ3v) is 1.66. The molecule has 13 heavy (non-hydrogen) atoms. The predicted molar refractivity (Wildman–Crippen MR) is 56.3 cm³/mol. The fourth-order valence-electron chi connectivity index (χ4n) is 1.03. The largest absolute Gasteiger partial charge is 0.382 e. The van der Waals surface area contributed by atoms with Gasteiger partial charge in [0.2, 0.25) is 0 Å². The van der Waals surface area contributed by atoms with E-state index in [0.717, 1.165) is 17.9 Å². The summed E-state index contributed by atoms with van der Waals surface area (Å²) in [6, 6.07) is 7.75. The maximum absolute atomic E-state index is 5.14. The van der Waals surface area contributed by atoms with E-state index in [1.165, 1.54) is 0 Å². The molecule has 1 rings (SSSR count). The van der Waals surface area contributed by atoms with Crippen LogP contribution in [0.2, 0.25) is 0 Å². The molecule has 4 N–H and O–H groups in total. The maximum atomic E-state index is 5.14. The van der Waals surface area contributed by atoms with Gasteiger partial charge in [0, 0.05) is 13.1 Å². The Morgan fingerprint density at radius 2 is 2.08 bits per heavy atom. The summed E-state index contributed by atoms with van der Waals surface area (Å²) < 4.78 is 0. The Balaban J connectivity index is 2.59. The Labute approximate surface area is 77.8 Å². The molecule has 0 aliphatic heterocycles. The van der Waals surface area contributed by atoms with Crippen molar-refractivity contribution in [3.05, 3.63) is 24.3 Å². The molecule has 0 saturated heterocycles. The molecular formula is C9H14N4. The van der Waals surface area contributed by atoms with Crippen LogP contribution in [-0.2, 0) is 0 Å². The van der Waals surface area contributed by atoms with Crippen molar-refractivity contribution in [2.45, 2.75) is 0 Å². The molecule has 0 saturated carbocycles. The number of hydrogen-bond acceptors (Lipinski definition) is 4. The van der Waals surface area contributed by atoms with Gasteiger partial charge in [-0.3, -0.25) is 16.3 Å². The molecule has 0 heterocycles. The Kier molecular flexibility index (Phi) is 3.95. The number of nitrogens with zero attached hydrogens (tertiary/aromatic N) is 1. The van der Waals surface area contributed by atoms with Gasteiger partial charge in [-0.15, -0.1) is 0 Å². The Hall–Kier alpha value is -1.39. The molecule has 4 heteroatoms. The second-order valence-corrected chi connectivity index (χ2v) is 2.56. The van der Waals surface area contributed by atoms with E-state index in [0.29, 0.717) is 6.54 Å². The summed E-state index contributed by atoms with van der Waals surface area (Å²) in [4.78, 5) is 3.89. The number of nitrogens with one attached hydrogen (secondary N) is 2. The van der Waals surface area contributed by atoms with Crippen molar-refractivity contribution in [3.8, 4) is 0 Å². The van der Waals surface area contributed by atoms with E-state index < -0.39 is 0 Å². The molecular weight excluding hydrogens is 164 g/mol. The third-order valence-electron chi connectivity index (χ3n) is 1.66. The van der Waals surface area contributed by atoms with Crippen LogP contribution >= 0.6 is 0 Å². The van der Waals surface area contributed by atoms with E-state index in [1.807, 2.05) is 24.3 Å². The first-order valence-corrected chi connectivity index (χ1v) is 4.11. The van der Waals surface area contributed by atoms with E-state index in [4.69, 9.17) is 5.84 Å². The molecule has 4 nitrogen and oxygen atoms in total. The highest BCUT2D eigenvalue weighted by Gasteiger charge is 1.96. The predicted octanol–water partition coefficient (Wildman–Crippen LogP) is 0.894. The number of aliphatic imine (C=N–C) groups is 1. The van der Waals surface area contributed by atoms with Gasteiger partial charge in [0.25, 0.3) is 0 Å². The Morgan fingerprint density at radius 1 is 1.31 bits per heavy atom. The van der Waals surface area contributed by atoms with Crippen LogP contribution in [-0.4, -0.2) is 19.8 Å². The minimum atomic E-state index is 0.714. The number of hydrazine groups is 1. The highest BCUT2D eigenvalue weighted by molar-refractivity contribution is 5.67. The summed E-state index contributed by atoms with van der Waals surface area (Å²) >= 11 is 0. The fraction of sp³-hybridized carbons (Fsp3) is 0.222. The van der Waals surface area contributed by atoms with Gasteiger partial charge in [-0.25, -0.2) is 0 Å². The lowest BCUT2D eigenvalue weighted by Crippen LogP contribution is -2.28. The Bertz CT molecular complexity index is 272. The standard InChI is InChI=1S/C9H14N4/c1-11-8-4-2-3-5-9(8)12-6-7-13-10/h2-5,12-13H,1,6-7,10H2. The lowest BCUT2D eigenvalue weighted by atomic mass is 10.2. The molecule has 0 atom stereocenters. The molecule has 1 aromatic carbocycles. The summed E-state index contributed by atoms with van der Waals surface area (Å²) in [6.07, 6.45) is 0. The first-order valence-electron chi connectivity index (χ1n) is 4.11. The quantitative estimate of drug-likeness (QED) is 0.271. The second-order valence-electron chi connectivity index (χ2n) is 2.56. The monoisotopic (exact) mass is 178 g/mol. The van der Waals surface area contributed by atoms with Crippen molar-refractivity contribution < 1.29 is 0 Å². The van der Waals surface area contributed by atoms with Crippen LogP contribution in [0.25, 0.3) is 0 Å². The van der Waals surface area contributed by atoms with Crippen molar-refractivity contribution in [1.82, 2.24) is 5.43 Å². The van der Waals surface area contributed by atoms with E-state index in [-0.39, 0.29) is 0 Å². The summed E-state index contributed by atoms with van der Waals surface area (Å²) in [5.74, 6) is 5.14. The average molecular weight is 178 g/mol. The first kappa shape index (κ1) is 9.70. The molecule has 0 aromatic heterocycles. The summed E-state index contributed by atoms with van der Waals surface area (Å²) in [7, 11) is 0. The van der Waals surface area contributed by atoms with Crippen molar-refractivity contribution in [1.29, 1.82) is 0 Å². The van der Waals surface area contributed by atoms with Crippen molar-refractivity contribution in [2.24, 2.45) is 10.8 Å². The SMILES string of the molecule is C=Nc1ccccc1NCCNN. The smallest absolute Gasteiger partial charge is 0.0853 e. The van der Waals surface area contributed by atoms with Crippen molar-refractivity contribution >= 4 is 18.1 Å². The van der Waals surface area contributed by atoms with E-state index >= 15 is 0 Å². The number of benzene rings is 1. The van der Waals surface area contributed by atoms with Gasteiger partial charge in [-0.05, 0) is 18.9 Å². The number of rotatable bonds is 5. The first-order chi connectivity index (χ1) is 6.38. The second kappa shape index (κ2) is 5.29. The molecule has 0 amide bonds. The zero-order valence-corrected chi connectivity index (χ0v) is 7.46. The van der Waals surface area contributed by atoms with Crippen LogP contribution in [0.15, 0.2) is 29.3 Å². The van der Waals surface area contributed by atoms with Crippen LogP contribution < -0.4 is 16.6 Å². The van der Waals surface area contributed by atoms with E-state index in [1.54, 1.807) is 0 Å². The van der Waals surface area contributed by atoms with Gasteiger partial charge < -0.3 is 5.32 Å². The maximum Gasteiger partial charge on any atom is 0.0853 e. The van der Waals surface area contributed by atoms with E-state index in [2.05, 4.69) is 22.5 Å². The lowest BCUT2D eigenvalue weighted by molar-refractivity contribution is 0.753.